The lowest BCUT2D eigenvalue weighted by molar-refractivity contribution is 0.0933. The first-order chi connectivity index (χ1) is 7.31. The number of ketones is 1. The van der Waals surface area contributed by atoms with E-state index in [2.05, 4.69) is 0 Å². The Morgan fingerprint density at radius 2 is 2.33 bits per heavy atom. The zero-order valence-corrected chi connectivity index (χ0v) is 8.92. The van der Waals surface area contributed by atoms with E-state index in [1.807, 2.05) is 0 Å². The Bertz CT molecular complexity index is 376. The topological polar surface area (TPSA) is 35.5 Å². The van der Waals surface area contributed by atoms with Gasteiger partial charge in [0.25, 0.3) is 0 Å². The van der Waals surface area contributed by atoms with E-state index in [9.17, 15) is 4.79 Å². The van der Waals surface area contributed by atoms with Crippen LogP contribution >= 0.6 is 11.6 Å². The molecule has 15 heavy (non-hydrogen) atoms. The highest BCUT2D eigenvalue weighted by molar-refractivity contribution is 6.18. The van der Waals surface area contributed by atoms with Gasteiger partial charge in [0.15, 0.2) is 5.78 Å². The van der Waals surface area contributed by atoms with Crippen LogP contribution in [-0.2, 0) is 0 Å². The molecule has 0 saturated heterocycles. The predicted octanol–water partition coefficient (Wildman–Crippen LogP) is 2.27. The molecule has 1 aliphatic heterocycles. The number of Topliss-reactive ketones (excluding diaryl/α,β-unsaturated/α-hetero) is 1. The molecule has 0 unspecified atom stereocenters. The number of benzene rings is 1. The molecular formula is C11H11ClO3. The van der Waals surface area contributed by atoms with Crippen LogP contribution in [0.15, 0.2) is 18.2 Å². The van der Waals surface area contributed by atoms with Crippen LogP contribution in [0.1, 0.15) is 16.8 Å². The van der Waals surface area contributed by atoms with Gasteiger partial charge in [0.2, 0.25) is 0 Å². The Morgan fingerprint density at radius 3 is 3.13 bits per heavy atom. The SMILES string of the molecule is O=C1CCOc2cc(OCCCl)ccc21. The highest BCUT2D eigenvalue weighted by Crippen LogP contribution is 2.28. The third-order valence-electron chi connectivity index (χ3n) is 2.19. The molecule has 1 aliphatic rings. The van der Waals surface area contributed by atoms with E-state index in [1.54, 1.807) is 18.2 Å². The zero-order valence-electron chi connectivity index (χ0n) is 8.16. The summed E-state index contributed by atoms with van der Waals surface area (Å²) < 4.78 is 10.7. The molecule has 80 valence electrons. The largest absolute Gasteiger partial charge is 0.492 e. The number of alkyl halides is 1. The lowest BCUT2D eigenvalue weighted by Crippen LogP contribution is -2.15. The Balaban J connectivity index is 2.21. The highest BCUT2D eigenvalue weighted by atomic mass is 35.5. The Hall–Kier alpha value is -1.22. The average Bonchev–Trinajstić information content (AvgIpc) is 2.26. The molecule has 3 nitrogen and oxygen atoms in total. The molecule has 0 saturated carbocycles. The molecular weight excluding hydrogens is 216 g/mol. The van der Waals surface area contributed by atoms with Gasteiger partial charge in [-0.1, -0.05) is 0 Å². The maximum absolute atomic E-state index is 11.5. The molecule has 1 aromatic carbocycles. The second-order valence-electron chi connectivity index (χ2n) is 3.22. The van der Waals surface area contributed by atoms with Crippen LogP contribution in [-0.4, -0.2) is 24.9 Å². The predicted molar refractivity (Wildman–Crippen MR) is 57.1 cm³/mol. The molecule has 0 amide bonds. The zero-order chi connectivity index (χ0) is 10.7. The van der Waals surface area contributed by atoms with Crippen LogP contribution < -0.4 is 9.47 Å². The van der Waals surface area contributed by atoms with Crippen molar-refractivity contribution in [3.63, 3.8) is 0 Å². The van der Waals surface area contributed by atoms with Gasteiger partial charge in [-0.2, -0.15) is 0 Å². The van der Waals surface area contributed by atoms with Crippen LogP contribution in [0.2, 0.25) is 0 Å². The fraction of sp³-hybridized carbons (Fsp3) is 0.364. The molecule has 0 fully saturated rings. The van der Waals surface area contributed by atoms with Crippen LogP contribution in [0.25, 0.3) is 0 Å². The summed E-state index contributed by atoms with van der Waals surface area (Å²) in [6.45, 7) is 0.902. The third-order valence-corrected chi connectivity index (χ3v) is 2.34. The number of carbonyl (C=O) groups excluding carboxylic acids is 1. The molecule has 2 rings (SSSR count). The molecule has 4 heteroatoms. The number of hydrogen-bond donors (Lipinski definition) is 0. The minimum Gasteiger partial charge on any atom is -0.492 e. The number of carbonyl (C=O) groups is 1. The molecule has 0 aromatic heterocycles. The van der Waals surface area contributed by atoms with Gasteiger partial charge in [0.1, 0.15) is 18.1 Å². The van der Waals surface area contributed by atoms with Gasteiger partial charge in [-0.15, -0.1) is 11.6 Å². The summed E-state index contributed by atoms with van der Waals surface area (Å²) in [7, 11) is 0. The Kier molecular flexibility index (Phi) is 3.11. The van der Waals surface area contributed by atoms with Gasteiger partial charge in [0, 0.05) is 12.5 Å². The van der Waals surface area contributed by atoms with E-state index in [0.29, 0.717) is 42.6 Å². The van der Waals surface area contributed by atoms with Crippen molar-refractivity contribution in [1.82, 2.24) is 0 Å². The summed E-state index contributed by atoms with van der Waals surface area (Å²) in [6, 6.07) is 5.23. The van der Waals surface area contributed by atoms with E-state index in [1.165, 1.54) is 0 Å². The number of ether oxygens (including phenoxy) is 2. The van der Waals surface area contributed by atoms with Crippen LogP contribution in [0.5, 0.6) is 11.5 Å². The van der Waals surface area contributed by atoms with Crippen molar-refractivity contribution >= 4 is 17.4 Å². The number of rotatable bonds is 3. The van der Waals surface area contributed by atoms with E-state index < -0.39 is 0 Å². The maximum atomic E-state index is 11.5. The van der Waals surface area contributed by atoms with Gasteiger partial charge in [0.05, 0.1) is 18.1 Å². The number of hydrogen-bond acceptors (Lipinski definition) is 3. The molecule has 0 radical (unpaired) electrons. The van der Waals surface area contributed by atoms with E-state index in [-0.39, 0.29) is 5.78 Å². The van der Waals surface area contributed by atoms with Gasteiger partial charge >= 0.3 is 0 Å². The van der Waals surface area contributed by atoms with Crippen molar-refractivity contribution in [2.75, 3.05) is 19.1 Å². The molecule has 0 aliphatic carbocycles. The summed E-state index contributed by atoms with van der Waals surface area (Å²) in [5.41, 5.74) is 0.638. The standard InChI is InChI=1S/C11H11ClO3/c12-4-6-14-8-1-2-9-10(13)3-5-15-11(9)7-8/h1-2,7H,3-6H2. The highest BCUT2D eigenvalue weighted by Gasteiger charge is 2.18. The van der Waals surface area contributed by atoms with Crippen LogP contribution in [0.3, 0.4) is 0 Å². The molecule has 0 N–H and O–H groups in total. The molecule has 1 heterocycles. The fourth-order valence-corrected chi connectivity index (χ4v) is 1.56. The summed E-state index contributed by atoms with van der Waals surface area (Å²) in [4.78, 5) is 11.5. The van der Waals surface area contributed by atoms with Crippen molar-refractivity contribution in [1.29, 1.82) is 0 Å². The minimum absolute atomic E-state index is 0.125. The van der Waals surface area contributed by atoms with Crippen molar-refractivity contribution in [3.05, 3.63) is 23.8 Å². The summed E-state index contributed by atoms with van der Waals surface area (Å²) >= 11 is 5.51. The molecule has 0 bridgehead atoms. The number of halogens is 1. The molecule has 0 atom stereocenters. The Labute approximate surface area is 92.9 Å². The van der Waals surface area contributed by atoms with Crippen molar-refractivity contribution in [2.24, 2.45) is 0 Å². The summed E-state index contributed by atoms with van der Waals surface area (Å²) in [6.07, 6.45) is 0.453. The second-order valence-corrected chi connectivity index (χ2v) is 3.60. The first-order valence-electron chi connectivity index (χ1n) is 4.80. The second kappa shape index (κ2) is 4.53. The van der Waals surface area contributed by atoms with Gasteiger partial charge in [-0.05, 0) is 12.1 Å². The van der Waals surface area contributed by atoms with Crippen molar-refractivity contribution in [3.8, 4) is 11.5 Å². The summed E-state index contributed by atoms with van der Waals surface area (Å²) in [5.74, 6) is 1.86. The first-order valence-corrected chi connectivity index (χ1v) is 5.33. The monoisotopic (exact) mass is 226 g/mol. The quantitative estimate of drug-likeness (QED) is 0.742. The summed E-state index contributed by atoms with van der Waals surface area (Å²) in [5, 5.41) is 0. The Morgan fingerprint density at radius 1 is 1.47 bits per heavy atom. The van der Waals surface area contributed by atoms with Crippen molar-refractivity contribution < 1.29 is 14.3 Å². The van der Waals surface area contributed by atoms with Crippen LogP contribution in [0.4, 0.5) is 0 Å². The minimum atomic E-state index is 0.125. The van der Waals surface area contributed by atoms with Crippen molar-refractivity contribution in [2.45, 2.75) is 6.42 Å². The average molecular weight is 227 g/mol. The number of fused-ring (bicyclic) bond motifs is 1. The van der Waals surface area contributed by atoms with Gasteiger partial charge < -0.3 is 9.47 Å². The third kappa shape index (κ3) is 2.23. The molecule has 1 aromatic rings. The smallest absolute Gasteiger partial charge is 0.169 e. The lowest BCUT2D eigenvalue weighted by atomic mass is 10.1. The normalized spacial score (nSPS) is 14.3. The fourth-order valence-electron chi connectivity index (χ4n) is 1.49. The van der Waals surface area contributed by atoms with E-state index in [0.717, 1.165) is 0 Å². The van der Waals surface area contributed by atoms with Gasteiger partial charge in [-0.25, -0.2) is 0 Å². The molecule has 0 spiro atoms. The maximum Gasteiger partial charge on any atom is 0.169 e. The van der Waals surface area contributed by atoms with Crippen LogP contribution in [0, 0.1) is 0 Å². The van der Waals surface area contributed by atoms with E-state index >= 15 is 0 Å². The first kappa shape index (κ1) is 10.3. The lowest BCUT2D eigenvalue weighted by Gasteiger charge is -2.16. The van der Waals surface area contributed by atoms with Gasteiger partial charge in [-0.3, -0.25) is 4.79 Å². The van der Waals surface area contributed by atoms with E-state index in [4.69, 9.17) is 21.1 Å².